The number of alkyl halides is 1. The molecule has 0 radical (unpaired) electrons. The predicted octanol–water partition coefficient (Wildman–Crippen LogP) is 2.59. The highest BCUT2D eigenvalue weighted by molar-refractivity contribution is 6.17. The van der Waals surface area contributed by atoms with Crippen molar-refractivity contribution in [1.29, 1.82) is 0 Å². The summed E-state index contributed by atoms with van der Waals surface area (Å²) in [5, 5.41) is 13.2. The second kappa shape index (κ2) is 6.21. The normalized spacial score (nSPS) is 10.2. The molecule has 1 aromatic heterocycles. The number of hydrogen-bond acceptors (Lipinski definition) is 3. The Hall–Kier alpha value is -2.34. The van der Waals surface area contributed by atoms with Crippen LogP contribution in [0.2, 0.25) is 0 Å². The highest BCUT2D eigenvalue weighted by Gasteiger charge is 2.13. The number of hydrogen-bond donors (Lipinski definition) is 2. The molecule has 7 heteroatoms. The lowest BCUT2D eigenvalue weighted by atomic mass is 10.1. The summed E-state index contributed by atoms with van der Waals surface area (Å²) in [6, 6.07) is 8.72. The predicted molar refractivity (Wildman–Crippen MR) is 74.6 cm³/mol. The number of carbonyl (C=O) groups excluding carboxylic acids is 1. The van der Waals surface area contributed by atoms with Crippen molar-refractivity contribution in [1.82, 2.24) is 10.3 Å². The zero-order valence-electron chi connectivity index (χ0n) is 10.4. The number of carbonyl (C=O) groups is 1. The van der Waals surface area contributed by atoms with E-state index in [4.69, 9.17) is 11.6 Å². The van der Waals surface area contributed by atoms with Gasteiger partial charge in [0.05, 0.1) is 11.1 Å². The SMILES string of the molecule is O=C(NCc1cccc(CCl)c1)c1cc([N+](=O)[O-])c[nH]1. The Morgan fingerprint density at radius 3 is 2.75 bits per heavy atom. The second-order valence-electron chi connectivity index (χ2n) is 4.16. The molecule has 0 aliphatic rings. The van der Waals surface area contributed by atoms with Gasteiger partial charge < -0.3 is 10.3 Å². The zero-order valence-corrected chi connectivity index (χ0v) is 11.2. The maximum absolute atomic E-state index is 11.8. The minimum absolute atomic E-state index is 0.140. The van der Waals surface area contributed by atoms with Crippen LogP contribution in [0.4, 0.5) is 5.69 Å². The summed E-state index contributed by atoms with van der Waals surface area (Å²) in [6.07, 6.45) is 1.18. The van der Waals surface area contributed by atoms with Crippen LogP contribution in [-0.2, 0) is 12.4 Å². The van der Waals surface area contributed by atoms with Gasteiger partial charge in [0.15, 0.2) is 0 Å². The number of halogens is 1. The van der Waals surface area contributed by atoms with Crippen molar-refractivity contribution in [3.05, 3.63) is 63.5 Å². The number of amides is 1. The molecule has 6 nitrogen and oxygen atoms in total. The Bertz CT molecular complexity index is 639. The van der Waals surface area contributed by atoms with Crippen LogP contribution in [0, 0.1) is 10.1 Å². The lowest BCUT2D eigenvalue weighted by Crippen LogP contribution is -2.23. The van der Waals surface area contributed by atoms with E-state index in [1.165, 1.54) is 12.3 Å². The van der Waals surface area contributed by atoms with E-state index in [9.17, 15) is 14.9 Å². The molecule has 0 saturated heterocycles. The van der Waals surface area contributed by atoms with Crippen molar-refractivity contribution in [2.24, 2.45) is 0 Å². The van der Waals surface area contributed by atoms with E-state index in [0.717, 1.165) is 11.1 Å². The number of benzene rings is 1. The van der Waals surface area contributed by atoms with Gasteiger partial charge in [0.2, 0.25) is 0 Å². The molecular weight excluding hydrogens is 282 g/mol. The first-order chi connectivity index (χ1) is 9.60. The van der Waals surface area contributed by atoms with Crippen LogP contribution in [-0.4, -0.2) is 15.8 Å². The van der Waals surface area contributed by atoms with Gasteiger partial charge in [0.25, 0.3) is 11.6 Å². The molecule has 20 heavy (non-hydrogen) atoms. The molecule has 1 aromatic carbocycles. The number of aromatic amines is 1. The van der Waals surface area contributed by atoms with Crippen molar-refractivity contribution in [2.75, 3.05) is 0 Å². The molecule has 2 rings (SSSR count). The Morgan fingerprint density at radius 1 is 1.35 bits per heavy atom. The zero-order chi connectivity index (χ0) is 14.5. The van der Waals surface area contributed by atoms with Crippen molar-refractivity contribution in [3.8, 4) is 0 Å². The molecule has 2 N–H and O–H groups in total. The molecule has 0 unspecified atom stereocenters. The molecule has 0 atom stereocenters. The first kappa shape index (κ1) is 14.1. The summed E-state index contributed by atoms with van der Waals surface area (Å²) >= 11 is 5.73. The van der Waals surface area contributed by atoms with E-state index >= 15 is 0 Å². The van der Waals surface area contributed by atoms with Gasteiger partial charge in [0, 0.05) is 18.5 Å². The lowest BCUT2D eigenvalue weighted by Gasteiger charge is -2.05. The van der Waals surface area contributed by atoms with E-state index in [1.807, 2.05) is 24.3 Å². The van der Waals surface area contributed by atoms with Gasteiger partial charge in [0.1, 0.15) is 5.69 Å². The molecule has 0 spiro atoms. The van der Waals surface area contributed by atoms with E-state index in [2.05, 4.69) is 10.3 Å². The van der Waals surface area contributed by atoms with E-state index in [1.54, 1.807) is 0 Å². The third-order valence-electron chi connectivity index (χ3n) is 2.72. The molecule has 2 aromatic rings. The molecule has 104 valence electrons. The maximum Gasteiger partial charge on any atom is 0.287 e. The Labute approximate surface area is 119 Å². The minimum atomic E-state index is -0.558. The summed E-state index contributed by atoms with van der Waals surface area (Å²) in [4.78, 5) is 24.4. The Kier molecular flexibility index (Phi) is 4.37. The Balaban J connectivity index is 1.98. The molecule has 0 fully saturated rings. The molecule has 0 saturated carbocycles. The lowest BCUT2D eigenvalue weighted by molar-refractivity contribution is -0.384. The van der Waals surface area contributed by atoms with Gasteiger partial charge in [-0.1, -0.05) is 24.3 Å². The van der Waals surface area contributed by atoms with E-state index in [-0.39, 0.29) is 11.4 Å². The molecule has 1 amide bonds. The summed E-state index contributed by atoms with van der Waals surface area (Å²) < 4.78 is 0. The van der Waals surface area contributed by atoms with Gasteiger partial charge in [-0.15, -0.1) is 11.6 Å². The molecular formula is C13H12ClN3O3. The fourth-order valence-corrected chi connectivity index (χ4v) is 1.89. The van der Waals surface area contributed by atoms with Crippen LogP contribution in [0.5, 0.6) is 0 Å². The van der Waals surface area contributed by atoms with Crippen LogP contribution in [0.25, 0.3) is 0 Å². The van der Waals surface area contributed by atoms with Crippen LogP contribution in [0.3, 0.4) is 0 Å². The average molecular weight is 294 g/mol. The molecule has 0 aliphatic heterocycles. The summed E-state index contributed by atoms with van der Waals surface area (Å²) in [5.74, 6) is 0.0133. The molecule has 1 heterocycles. The number of aromatic nitrogens is 1. The summed E-state index contributed by atoms with van der Waals surface area (Å²) in [6.45, 7) is 0.330. The summed E-state index contributed by atoms with van der Waals surface area (Å²) in [7, 11) is 0. The number of H-pyrrole nitrogens is 1. The van der Waals surface area contributed by atoms with Crippen molar-refractivity contribution < 1.29 is 9.72 Å². The first-order valence-electron chi connectivity index (χ1n) is 5.85. The van der Waals surface area contributed by atoms with Gasteiger partial charge >= 0.3 is 0 Å². The van der Waals surface area contributed by atoms with Gasteiger partial charge in [-0.2, -0.15) is 0 Å². The van der Waals surface area contributed by atoms with Gasteiger partial charge in [-0.05, 0) is 11.1 Å². The number of nitro groups is 1. The molecule has 0 bridgehead atoms. The topological polar surface area (TPSA) is 88.0 Å². The minimum Gasteiger partial charge on any atom is -0.351 e. The third-order valence-corrected chi connectivity index (χ3v) is 3.03. The number of nitrogens with one attached hydrogen (secondary N) is 2. The summed E-state index contributed by atoms with van der Waals surface area (Å²) in [5.41, 5.74) is 1.90. The van der Waals surface area contributed by atoms with Gasteiger partial charge in [-0.25, -0.2) is 0 Å². The molecule has 0 aliphatic carbocycles. The largest absolute Gasteiger partial charge is 0.351 e. The van der Waals surface area contributed by atoms with Crippen molar-refractivity contribution >= 4 is 23.2 Å². The van der Waals surface area contributed by atoms with Crippen LogP contribution in [0.15, 0.2) is 36.5 Å². The Morgan fingerprint density at radius 2 is 2.10 bits per heavy atom. The van der Waals surface area contributed by atoms with E-state index in [0.29, 0.717) is 12.4 Å². The number of nitrogens with zero attached hydrogens (tertiary/aromatic N) is 1. The van der Waals surface area contributed by atoms with Crippen LogP contribution in [0.1, 0.15) is 21.6 Å². The monoisotopic (exact) mass is 293 g/mol. The fraction of sp³-hybridized carbons (Fsp3) is 0.154. The van der Waals surface area contributed by atoms with E-state index < -0.39 is 10.8 Å². The number of rotatable bonds is 5. The van der Waals surface area contributed by atoms with Crippen LogP contribution >= 0.6 is 11.6 Å². The van der Waals surface area contributed by atoms with Crippen molar-refractivity contribution in [2.45, 2.75) is 12.4 Å². The quantitative estimate of drug-likeness (QED) is 0.504. The highest BCUT2D eigenvalue weighted by atomic mass is 35.5. The highest BCUT2D eigenvalue weighted by Crippen LogP contribution is 2.12. The van der Waals surface area contributed by atoms with Crippen LogP contribution < -0.4 is 5.32 Å². The smallest absolute Gasteiger partial charge is 0.287 e. The fourth-order valence-electron chi connectivity index (χ4n) is 1.72. The third kappa shape index (κ3) is 3.36. The average Bonchev–Trinajstić information content (AvgIpc) is 2.95. The van der Waals surface area contributed by atoms with Gasteiger partial charge in [-0.3, -0.25) is 14.9 Å². The maximum atomic E-state index is 11.8. The van der Waals surface area contributed by atoms with Crippen molar-refractivity contribution in [3.63, 3.8) is 0 Å². The first-order valence-corrected chi connectivity index (χ1v) is 6.38. The standard InChI is InChI=1S/C13H12ClN3O3/c14-6-9-2-1-3-10(4-9)7-16-13(18)12-5-11(8-15-12)17(19)20/h1-5,8,15H,6-7H2,(H,16,18). The second-order valence-corrected chi connectivity index (χ2v) is 4.43.